The number of benzene rings is 1. The van der Waals surface area contributed by atoms with E-state index in [2.05, 4.69) is 11.4 Å². The van der Waals surface area contributed by atoms with E-state index in [4.69, 9.17) is 4.74 Å². The third-order valence-corrected chi connectivity index (χ3v) is 4.33. The lowest BCUT2D eigenvalue weighted by molar-refractivity contribution is -0.155. The van der Waals surface area contributed by atoms with E-state index in [1.54, 1.807) is 32.9 Å². The number of esters is 1. The van der Waals surface area contributed by atoms with E-state index < -0.39 is 16.9 Å². The quantitative estimate of drug-likeness (QED) is 0.868. The summed E-state index contributed by atoms with van der Waals surface area (Å²) < 4.78 is 5.17. The molecule has 0 aliphatic carbocycles. The first-order chi connectivity index (χ1) is 10.4. The van der Waals surface area contributed by atoms with Gasteiger partial charge in [0.15, 0.2) is 5.54 Å². The fourth-order valence-corrected chi connectivity index (χ4v) is 2.83. The number of aryl methyl sites for hydroxylation is 1. The molecule has 1 atom stereocenters. The average Bonchev–Trinajstić information content (AvgIpc) is 2.66. The van der Waals surface area contributed by atoms with Crippen molar-refractivity contribution in [2.24, 2.45) is 5.41 Å². The van der Waals surface area contributed by atoms with Gasteiger partial charge < -0.3 is 10.1 Å². The topological polar surface area (TPSA) is 79.2 Å². The van der Waals surface area contributed by atoms with E-state index in [0.717, 1.165) is 5.56 Å². The van der Waals surface area contributed by atoms with Gasteiger partial charge in [-0.05, 0) is 45.2 Å². The molecule has 1 heterocycles. The Bertz CT molecular complexity index is 646. The first kappa shape index (κ1) is 16.0. The van der Waals surface area contributed by atoms with Gasteiger partial charge in [0.1, 0.15) is 0 Å². The molecular weight excluding hydrogens is 280 g/mol. The third kappa shape index (κ3) is 2.45. The minimum absolute atomic E-state index is 0.199. The Kier molecular flexibility index (Phi) is 4.23. The highest BCUT2D eigenvalue weighted by atomic mass is 16.5. The first-order valence-corrected chi connectivity index (χ1v) is 7.37. The van der Waals surface area contributed by atoms with Gasteiger partial charge in [-0.15, -0.1) is 0 Å². The summed E-state index contributed by atoms with van der Waals surface area (Å²) in [5.41, 5.74) is -1.02. The molecule has 0 spiro atoms. The van der Waals surface area contributed by atoms with Gasteiger partial charge in [0, 0.05) is 5.56 Å². The number of nitrogens with zero attached hydrogens (tertiary/aromatic N) is 1. The molecule has 22 heavy (non-hydrogen) atoms. The highest BCUT2D eigenvalue weighted by molar-refractivity contribution is 6.00. The van der Waals surface area contributed by atoms with Crippen molar-refractivity contribution in [3.05, 3.63) is 35.4 Å². The second-order valence-corrected chi connectivity index (χ2v) is 5.97. The molecule has 0 radical (unpaired) electrons. The van der Waals surface area contributed by atoms with Gasteiger partial charge >= 0.3 is 5.97 Å². The van der Waals surface area contributed by atoms with Crippen LogP contribution in [-0.4, -0.2) is 24.0 Å². The van der Waals surface area contributed by atoms with Gasteiger partial charge in [-0.2, -0.15) is 5.26 Å². The molecule has 1 aromatic rings. The van der Waals surface area contributed by atoms with Gasteiger partial charge in [0.2, 0.25) is 0 Å². The van der Waals surface area contributed by atoms with Crippen LogP contribution in [0.5, 0.6) is 0 Å². The number of amides is 1. The number of carbonyl (C=O) groups excluding carboxylic acids is 2. The van der Waals surface area contributed by atoms with Crippen molar-refractivity contribution in [3.8, 4) is 6.07 Å². The monoisotopic (exact) mass is 300 g/mol. The lowest BCUT2D eigenvalue weighted by atomic mass is 9.70. The van der Waals surface area contributed by atoms with Gasteiger partial charge in [-0.1, -0.05) is 18.2 Å². The summed E-state index contributed by atoms with van der Waals surface area (Å²) in [6.07, 6.45) is 0.855. The average molecular weight is 300 g/mol. The lowest BCUT2D eigenvalue weighted by Crippen LogP contribution is -2.63. The summed E-state index contributed by atoms with van der Waals surface area (Å²) in [6.45, 7) is 5.21. The van der Waals surface area contributed by atoms with Crippen molar-refractivity contribution in [3.63, 3.8) is 0 Å². The summed E-state index contributed by atoms with van der Waals surface area (Å²) >= 11 is 0. The summed E-state index contributed by atoms with van der Waals surface area (Å²) in [5, 5.41) is 12.3. The number of fused-ring (bicyclic) bond motifs is 1. The smallest absolute Gasteiger partial charge is 0.333 e. The van der Waals surface area contributed by atoms with E-state index in [1.807, 2.05) is 12.1 Å². The molecule has 0 bridgehead atoms. The standard InChI is InChI=1S/C17H20N2O3/c1-4-22-15(21)17(16(2,3)11-18)10-9-12-7-5-6-8-13(12)14(20)19-17/h5-8H,4,9-10H2,1-3H3,(H,19,20). The SMILES string of the molecule is CCOC(=O)C1(C(C)(C)C#N)CCc2ccccc2C(=O)N1. The predicted octanol–water partition coefficient (Wildman–Crippen LogP) is 2.21. The fraction of sp³-hybridized carbons (Fsp3) is 0.471. The van der Waals surface area contributed by atoms with Crippen molar-refractivity contribution >= 4 is 11.9 Å². The molecule has 116 valence electrons. The van der Waals surface area contributed by atoms with Crippen LogP contribution in [-0.2, 0) is 16.0 Å². The Hall–Kier alpha value is -2.35. The highest BCUT2D eigenvalue weighted by Gasteiger charge is 2.54. The molecule has 5 nitrogen and oxygen atoms in total. The molecule has 2 rings (SSSR count). The maximum Gasteiger partial charge on any atom is 0.333 e. The number of nitrogens with one attached hydrogen (secondary N) is 1. The molecular formula is C17H20N2O3. The Morgan fingerprint density at radius 2 is 2.14 bits per heavy atom. The van der Waals surface area contributed by atoms with Crippen molar-refractivity contribution in [2.75, 3.05) is 6.61 Å². The van der Waals surface area contributed by atoms with Crippen LogP contribution in [0.1, 0.15) is 43.1 Å². The van der Waals surface area contributed by atoms with Crippen LogP contribution in [0.15, 0.2) is 24.3 Å². The molecule has 1 unspecified atom stereocenters. The van der Waals surface area contributed by atoms with E-state index in [9.17, 15) is 14.9 Å². The third-order valence-electron chi connectivity index (χ3n) is 4.33. The van der Waals surface area contributed by atoms with Crippen LogP contribution in [0.3, 0.4) is 0 Å². The summed E-state index contributed by atoms with van der Waals surface area (Å²) in [6, 6.07) is 9.39. The van der Waals surface area contributed by atoms with Gasteiger partial charge in [-0.3, -0.25) is 4.79 Å². The van der Waals surface area contributed by atoms with E-state index >= 15 is 0 Å². The molecule has 1 N–H and O–H groups in total. The van der Waals surface area contributed by atoms with E-state index in [-0.39, 0.29) is 12.5 Å². The second kappa shape index (κ2) is 5.80. The zero-order chi connectivity index (χ0) is 16.4. The molecule has 1 aliphatic heterocycles. The molecule has 5 heteroatoms. The molecule has 0 saturated heterocycles. The zero-order valence-electron chi connectivity index (χ0n) is 13.1. The van der Waals surface area contributed by atoms with E-state index in [1.165, 1.54) is 0 Å². The van der Waals surface area contributed by atoms with Crippen LogP contribution in [0.2, 0.25) is 0 Å². The van der Waals surface area contributed by atoms with Crippen molar-refractivity contribution < 1.29 is 14.3 Å². The predicted molar refractivity (Wildman–Crippen MR) is 81.0 cm³/mol. The zero-order valence-corrected chi connectivity index (χ0v) is 13.1. The van der Waals surface area contributed by atoms with Crippen LogP contribution in [0.4, 0.5) is 0 Å². The van der Waals surface area contributed by atoms with Gasteiger partial charge in [0.05, 0.1) is 18.1 Å². The molecule has 1 aliphatic rings. The van der Waals surface area contributed by atoms with E-state index in [0.29, 0.717) is 18.4 Å². The minimum atomic E-state index is -1.35. The van der Waals surface area contributed by atoms with Crippen molar-refractivity contribution in [1.29, 1.82) is 5.26 Å². The molecule has 0 fully saturated rings. The summed E-state index contributed by atoms with van der Waals surface area (Å²) in [4.78, 5) is 25.2. The van der Waals surface area contributed by atoms with Crippen LogP contribution in [0.25, 0.3) is 0 Å². The first-order valence-electron chi connectivity index (χ1n) is 7.37. The number of hydrogen-bond acceptors (Lipinski definition) is 4. The molecule has 0 saturated carbocycles. The van der Waals surface area contributed by atoms with Crippen LogP contribution < -0.4 is 5.32 Å². The number of nitriles is 1. The Morgan fingerprint density at radius 1 is 1.45 bits per heavy atom. The lowest BCUT2D eigenvalue weighted by Gasteiger charge is -2.39. The fourth-order valence-electron chi connectivity index (χ4n) is 2.83. The Balaban J connectivity index is 2.52. The van der Waals surface area contributed by atoms with Crippen LogP contribution >= 0.6 is 0 Å². The molecule has 1 amide bonds. The second-order valence-electron chi connectivity index (χ2n) is 5.97. The highest BCUT2D eigenvalue weighted by Crippen LogP contribution is 2.38. The normalized spacial score (nSPS) is 21.1. The Labute approximate surface area is 130 Å². The largest absolute Gasteiger partial charge is 0.464 e. The Morgan fingerprint density at radius 3 is 2.77 bits per heavy atom. The maximum atomic E-state index is 12.6. The number of ether oxygens (including phenoxy) is 1. The van der Waals surface area contributed by atoms with Crippen molar-refractivity contribution in [2.45, 2.75) is 39.2 Å². The van der Waals surface area contributed by atoms with Gasteiger partial charge in [0.25, 0.3) is 5.91 Å². The molecule has 0 aromatic heterocycles. The van der Waals surface area contributed by atoms with Crippen molar-refractivity contribution in [1.82, 2.24) is 5.32 Å². The number of carbonyl (C=O) groups is 2. The number of hydrogen-bond donors (Lipinski definition) is 1. The summed E-state index contributed by atoms with van der Waals surface area (Å²) in [5.74, 6) is -0.896. The summed E-state index contributed by atoms with van der Waals surface area (Å²) in [7, 11) is 0. The molecule has 1 aromatic carbocycles. The van der Waals surface area contributed by atoms with Crippen LogP contribution in [0, 0.1) is 16.7 Å². The van der Waals surface area contributed by atoms with Gasteiger partial charge in [-0.25, -0.2) is 4.79 Å². The minimum Gasteiger partial charge on any atom is -0.464 e. The number of rotatable bonds is 3. The maximum absolute atomic E-state index is 12.6.